The average Bonchev–Trinajstić information content (AvgIpc) is 2.83. The highest BCUT2D eigenvalue weighted by Crippen LogP contribution is 2.19. The highest BCUT2D eigenvalue weighted by Gasteiger charge is 2.10. The number of nitrogens with zero attached hydrogens (tertiary/aromatic N) is 1. The number of para-hydroxylation sites is 1. The molecule has 20 heavy (non-hydrogen) atoms. The molecule has 4 heteroatoms. The van der Waals surface area contributed by atoms with Crippen LogP contribution in [0.25, 0.3) is 0 Å². The van der Waals surface area contributed by atoms with Crippen molar-refractivity contribution in [2.45, 2.75) is 46.4 Å². The summed E-state index contributed by atoms with van der Waals surface area (Å²) in [5.41, 5.74) is 2.25. The summed E-state index contributed by atoms with van der Waals surface area (Å²) in [6.45, 7) is 9.85. The maximum Gasteiger partial charge on any atom is 0.131 e. The number of benzene rings is 1. The Morgan fingerprint density at radius 3 is 2.70 bits per heavy atom. The van der Waals surface area contributed by atoms with Gasteiger partial charge in [-0.15, -0.1) is 11.3 Å². The minimum absolute atomic E-state index is 0.115. The van der Waals surface area contributed by atoms with Crippen LogP contribution in [0.5, 0.6) is 5.75 Å². The second-order valence-electron chi connectivity index (χ2n) is 5.89. The molecule has 1 aromatic heterocycles. The fraction of sp³-hybridized carbons (Fsp3) is 0.438. The summed E-state index contributed by atoms with van der Waals surface area (Å²) in [4.78, 5) is 4.59. The summed E-state index contributed by atoms with van der Waals surface area (Å²) in [5, 5.41) is 6.61. The van der Waals surface area contributed by atoms with Gasteiger partial charge in [0.15, 0.2) is 0 Å². The van der Waals surface area contributed by atoms with Crippen molar-refractivity contribution in [2.75, 3.05) is 0 Å². The minimum atomic E-state index is 0.115. The molecular formula is C16H22N2OS. The SMILES string of the molecule is Cc1ccccc1OCc1csc(CNC(C)(C)C)n1. The Hall–Kier alpha value is -1.39. The van der Waals surface area contributed by atoms with E-state index >= 15 is 0 Å². The highest BCUT2D eigenvalue weighted by atomic mass is 32.1. The van der Waals surface area contributed by atoms with E-state index in [1.807, 2.05) is 18.2 Å². The third-order valence-electron chi connectivity index (χ3n) is 2.84. The van der Waals surface area contributed by atoms with Gasteiger partial charge in [0.05, 0.1) is 5.69 Å². The molecule has 2 aromatic rings. The lowest BCUT2D eigenvalue weighted by Gasteiger charge is -2.19. The van der Waals surface area contributed by atoms with Crippen LogP contribution in [0, 0.1) is 6.92 Å². The fourth-order valence-electron chi connectivity index (χ4n) is 1.71. The molecule has 0 bridgehead atoms. The lowest BCUT2D eigenvalue weighted by molar-refractivity contribution is 0.299. The van der Waals surface area contributed by atoms with E-state index in [0.29, 0.717) is 6.61 Å². The molecule has 3 nitrogen and oxygen atoms in total. The van der Waals surface area contributed by atoms with Crippen LogP contribution in [0.15, 0.2) is 29.6 Å². The number of hydrogen-bond donors (Lipinski definition) is 1. The number of aryl methyl sites for hydroxylation is 1. The number of thiazole rings is 1. The Labute approximate surface area is 125 Å². The Kier molecular flexibility index (Phi) is 4.78. The second kappa shape index (κ2) is 6.37. The molecule has 1 aromatic carbocycles. The van der Waals surface area contributed by atoms with Crippen LogP contribution in [0.4, 0.5) is 0 Å². The molecule has 0 aliphatic heterocycles. The lowest BCUT2D eigenvalue weighted by atomic mass is 10.1. The Morgan fingerprint density at radius 2 is 2.00 bits per heavy atom. The molecule has 0 aliphatic carbocycles. The number of aromatic nitrogens is 1. The summed E-state index contributed by atoms with van der Waals surface area (Å²) in [7, 11) is 0. The third-order valence-corrected chi connectivity index (χ3v) is 3.74. The van der Waals surface area contributed by atoms with Gasteiger partial charge >= 0.3 is 0 Å². The average molecular weight is 290 g/mol. The van der Waals surface area contributed by atoms with E-state index in [4.69, 9.17) is 4.74 Å². The van der Waals surface area contributed by atoms with Crippen LogP contribution in [-0.2, 0) is 13.2 Å². The first-order chi connectivity index (χ1) is 9.44. The minimum Gasteiger partial charge on any atom is -0.487 e. The summed E-state index contributed by atoms with van der Waals surface area (Å²) < 4.78 is 5.81. The molecule has 0 unspecified atom stereocenters. The third kappa shape index (κ3) is 4.62. The molecule has 0 spiro atoms. The molecule has 108 valence electrons. The van der Waals surface area contributed by atoms with Crippen LogP contribution in [0.1, 0.15) is 37.0 Å². The lowest BCUT2D eigenvalue weighted by Crippen LogP contribution is -2.35. The molecule has 0 amide bonds. The maximum atomic E-state index is 5.81. The molecule has 2 rings (SSSR count). The van der Waals surface area contributed by atoms with Crippen LogP contribution < -0.4 is 10.1 Å². The predicted octanol–water partition coefficient (Wildman–Crippen LogP) is 3.92. The summed E-state index contributed by atoms with van der Waals surface area (Å²) in [6, 6.07) is 8.04. The van der Waals surface area contributed by atoms with Crippen molar-refractivity contribution in [3.8, 4) is 5.75 Å². The zero-order valence-corrected chi connectivity index (χ0v) is 13.4. The molecule has 1 heterocycles. The number of nitrogens with one attached hydrogen (secondary N) is 1. The number of rotatable bonds is 5. The van der Waals surface area contributed by atoms with Gasteiger partial charge in [-0.2, -0.15) is 0 Å². The van der Waals surface area contributed by atoms with Crippen molar-refractivity contribution >= 4 is 11.3 Å². The Bertz CT molecular complexity index is 558. The molecule has 0 aliphatic rings. The van der Waals surface area contributed by atoms with Crippen molar-refractivity contribution in [3.05, 3.63) is 45.9 Å². The topological polar surface area (TPSA) is 34.1 Å². The van der Waals surface area contributed by atoms with E-state index < -0.39 is 0 Å². The molecular weight excluding hydrogens is 268 g/mol. The van der Waals surface area contributed by atoms with Crippen molar-refractivity contribution in [3.63, 3.8) is 0 Å². The number of ether oxygens (including phenoxy) is 1. The van der Waals surface area contributed by atoms with E-state index in [1.165, 1.54) is 0 Å². The number of hydrogen-bond acceptors (Lipinski definition) is 4. The van der Waals surface area contributed by atoms with Crippen LogP contribution in [0.2, 0.25) is 0 Å². The van der Waals surface area contributed by atoms with Gasteiger partial charge in [0, 0.05) is 17.5 Å². The quantitative estimate of drug-likeness (QED) is 0.906. The van der Waals surface area contributed by atoms with E-state index in [1.54, 1.807) is 11.3 Å². The van der Waals surface area contributed by atoms with Crippen molar-refractivity contribution in [2.24, 2.45) is 0 Å². The normalized spacial score (nSPS) is 11.6. The summed E-state index contributed by atoms with van der Waals surface area (Å²) >= 11 is 1.68. The summed E-state index contributed by atoms with van der Waals surface area (Å²) in [5.74, 6) is 0.926. The first-order valence-electron chi connectivity index (χ1n) is 6.81. The first kappa shape index (κ1) is 15.0. The van der Waals surface area contributed by atoms with Gasteiger partial charge in [0.1, 0.15) is 17.4 Å². The fourth-order valence-corrected chi connectivity index (χ4v) is 2.43. The Balaban J connectivity index is 1.89. The molecule has 0 atom stereocenters. The maximum absolute atomic E-state index is 5.81. The molecule has 0 radical (unpaired) electrons. The molecule has 1 N–H and O–H groups in total. The van der Waals surface area contributed by atoms with Crippen molar-refractivity contribution < 1.29 is 4.74 Å². The van der Waals surface area contributed by atoms with Gasteiger partial charge in [-0.3, -0.25) is 0 Å². The van der Waals surface area contributed by atoms with E-state index in [9.17, 15) is 0 Å². The predicted molar refractivity (Wildman–Crippen MR) is 84.2 cm³/mol. The highest BCUT2D eigenvalue weighted by molar-refractivity contribution is 7.09. The van der Waals surface area contributed by atoms with Gasteiger partial charge in [-0.1, -0.05) is 18.2 Å². The summed E-state index contributed by atoms with van der Waals surface area (Å²) in [6.07, 6.45) is 0. The zero-order chi connectivity index (χ0) is 14.6. The van der Waals surface area contributed by atoms with Crippen LogP contribution in [0.3, 0.4) is 0 Å². The molecule has 0 saturated heterocycles. The van der Waals surface area contributed by atoms with Gasteiger partial charge in [-0.25, -0.2) is 4.98 Å². The zero-order valence-electron chi connectivity index (χ0n) is 12.6. The van der Waals surface area contributed by atoms with E-state index in [-0.39, 0.29) is 5.54 Å². The smallest absolute Gasteiger partial charge is 0.131 e. The van der Waals surface area contributed by atoms with Gasteiger partial charge in [0.25, 0.3) is 0 Å². The van der Waals surface area contributed by atoms with E-state index in [2.05, 4.69) is 49.4 Å². The van der Waals surface area contributed by atoms with E-state index in [0.717, 1.165) is 28.6 Å². The molecule has 0 fully saturated rings. The first-order valence-corrected chi connectivity index (χ1v) is 7.69. The monoisotopic (exact) mass is 290 g/mol. The molecule has 0 saturated carbocycles. The van der Waals surface area contributed by atoms with Crippen molar-refractivity contribution in [1.82, 2.24) is 10.3 Å². The van der Waals surface area contributed by atoms with Gasteiger partial charge in [-0.05, 0) is 39.3 Å². The standard InChI is InChI=1S/C16H22N2OS/c1-12-7-5-6-8-14(12)19-10-13-11-20-15(18-13)9-17-16(2,3)4/h5-8,11,17H,9-10H2,1-4H3. The van der Waals surface area contributed by atoms with Gasteiger partial charge < -0.3 is 10.1 Å². The largest absolute Gasteiger partial charge is 0.487 e. The van der Waals surface area contributed by atoms with Crippen molar-refractivity contribution in [1.29, 1.82) is 0 Å². The van der Waals surface area contributed by atoms with Crippen LogP contribution >= 0.6 is 11.3 Å². The Morgan fingerprint density at radius 1 is 1.25 bits per heavy atom. The van der Waals surface area contributed by atoms with Crippen LogP contribution in [-0.4, -0.2) is 10.5 Å². The van der Waals surface area contributed by atoms with Gasteiger partial charge in [0.2, 0.25) is 0 Å². The second-order valence-corrected chi connectivity index (χ2v) is 6.83.